The predicted octanol–water partition coefficient (Wildman–Crippen LogP) is 3.23. The van der Waals surface area contributed by atoms with Crippen molar-refractivity contribution in [1.82, 2.24) is 10.6 Å². The highest BCUT2D eigenvalue weighted by molar-refractivity contribution is 6.37. The van der Waals surface area contributed by atoms with Gasteiger partial charge in [-0.05, 0) is 43.9 Å². The molecule has 0 heterocycles. The Balaban J connectivity index is 1.94. The lowest BCUT2D eigenvalue weighted by Gasteiger charge is -2.13. The molecule has 1 aliphatic rings. The van der Waals surface area contributed by atoms with E-state index in [2.05, 4.69) is 10.6 Å². The second-order valence-corrected chi connectivity index (χ2v) is 5.52. The van der Waals surface area contributed by atoms with Gasteiger partial charge >= 0.3 is 6.03 Å². The zero-order valence-corrected chi connectivity index (χ0v) is 11.9. The van der Waals surface area contributed by atoms with Crippen LogP contribution in [0.4, 0.5) is 4.79 Å². The van der Waals surface area contributed by atoms with Crippen LogP contribution in [0.2, 0.25) is 10.0 Å². The van der Waals surface area contributed by atoms with Gasteiger partial charge in [0.2, 0.25) is 0 Å². The van der Waals surface area contributed by atoms with Gasteiger partial charge in [-0.2, -0.15) is 0 Å². The van der Waals surface area contributed by atoms with Gasteiger partial charge in [0.25, 0.3) is 5.91 Å². The Morgan fingerprint density at radius 2 is 2.00 bits per heavy atom. The second kappa shape index (κ2) is 5.80. The summed E-state index contributed by atoms with van der Waals surface area (Å²) in [7, 11) is 0. The maximum Gasteiger partial charge on any atom is 0.321 e. The van der Waals surface area contributed by atoms with Crippen molar-refractivity contribution in [1.29, 1.82) is 0 Å². The van der Waals surface area contributed by atoms with Crippen LogP contribution >= 0.6 is 23.2 Å². The van der Waals surface area contributed by atoms with Crippen LogP contribution < -0.4 is 10.6 Å². The van der Waals surface area contributed by atoms with E-state index in [-0.39, 0.29) is 16.6 Å². The topological polar surface area (TPSA) is 58.2 Å². The first kappa shape index (κ1) is 14.2. The fourth-order valence-electron chi connectivity index (χ4n) is 1.80. The van der Waals surface area contributed by atoms with Crippen molar-refractivity contribution < 1.29 is 9.59 Å². The first-order chi connectivity index (χ1) is 8.97. The van der Waals surface area contributed by atoms with Gasteiger partial charge in [-0.15, -0.1) is 0 Å². The third-order valence-electron chi connectivity index (χ3n) is 3.09. The first-order valence-electron chi connectivity index (χ1n) is 6.04. The molecular weight excluding hydrogens is 287 g/mol. The van der Waals surface area contributed by atoms with Gasteiger partial charge in [0, 0.05) is 11.1 Å². The van der Waals surface area contributed by atoms with E-state index in [1.807, 2.05) is 6.92 Å². The zero-order chi connectivity index (χ0) is 14.0. The van der Waals surface area contributed by atoms with Gasteiger partial charge in [-0.3, -0.25) is 10.1 Å². The number of benzene rings is 1. The van der Waals surface area contributed by atoms with Crippen molar-refractivity contribution >= 4 is 35.1 Å². The van der Waals surface area contributed by atoms with Gasteiger partial charge in [-0.1, -0.05) is 23.2 Å². The molecule has 0 spiro atoms. The molecule has 0 bridgehead atoms. The molecule has 1 atom stereocenters. The van der Waals surface area contributed by atoms with Crippen molar-refractivity contribution in [3.05, 3.63) is 33.8 Å². The standard InChI is InChI=1S/C13H14Cl2N2O2/c1-7(8-2-3-8)16-13(19)17-12(18)10-5-4-9(14)6-11(10)15/h4-8H,2-3H2,1H3,(H2,16,17,18,19)/t7-/m0/s1. The normalized spacial score (nSPS) is 15.7. The van der Waals surface area contributed by atoms with E-state index in [0.717, 1.165) is 12.8 Å². The molecule has 1 aromatic rings. The van der Waals surface area contributed by atoms with Crippen LogP contribution in [0.1, 0.15) is 30.1 Å². The van der Waals surface area contributed by atoms with E-state index in [9.17, 15) is 9.59 Å². The largest absolute Gasteiger partial charge is 0.335 e. The number of rotatable bonds is 3. The van der Waals surface area contributed by atoms with Crippen LogP contribution in [0.5, 0.6) is 0 Å². The van der Waals surface area contributed by atoms with Crippen LogP contribution in [0, 0.1) is 5.92 Å². The Labute approximate surface area is 121 Å². The highest BCUT2D eigenvalue weighted by atomic mass is 35.5. The van der Waals surface area contributed by atoms with Gasteiger partial charge in [0.1, 0.15) is 0 Å². The smallest absolute Gasteiger partial charge is 0.321 e. The van der Waals surface area contributed by atoms with Gasteiger partial charge in [0.15, 0.2) is 0 Å². The third kappa shape index (κ3) is 3.85. The Morgan fingerprint density at radius 1 is 1.32 bits per heavy atom. The molecule has 0 aromatic heterocycles. The number of hydrogen-bond donors (Lipinski definition) is 2. The maximum absolute atomic E-state index is 11.9. The molecule has 0 saturated heterocycles. The zero-order valence-electron chi connectivity index (χ0n) is 10.4. The highest BCUT2D eigenvalue weighted by Gasteiger charge is 2.29. The van der Waals surface area contributed by atoms with Crippen molar-refractivity contribution in [3.63, 3.8) is 0 Å². The molecule has 6 heteroatoms. The van der Waals surface area contributed by atoms with Crippen LogP contribution in [-0.4, -0.2) is 18.0 Å². The number of amides is 3. The van der Waals surface area contributed by atoms with Crippen LogP contribution in [0.15, 0.2) is 18.2 Å². The van der Waals surface area contributed by atoms with E-state index < -0.39 is 11.9 Å². The van der Waals surface area contributed by atoms with E-state index in [1.165, 1.54) is 12.1 Å². The van der Waals surface area contributed by atoms with Crippen molar-refractivity contribution in [3.8, 4) is 0 Å². The van der Waals surface area contributed by atoms with E-state index in [4.69, 9.17) is 23.2 Å². The first-order valence-corrected chi connectivity index (χ1v) is 6.80. The summed E-state index contributed by atoms with van der Waals surface area (Å²) >= 11 is 11.6. The maximum atomic E-state index is 11.9. The predicted molar refractivity (Wildman–Crippen MR) is 74.6 cm³/mol. The molecule has 3 amide bonds. The summed E-state index contributed by atoms with van der Waals surface area (Å²) in [5, 5.41) is 5.64. The quantitative estimate of drug-likeness (QED) is 0.900. The molecule has 1 aliphatic carbocycles. The average Bonchev–Trinajstić information content (AvgIpc) is 3.11. The number of imide groups is 1. The molecule has 102 valence electrons. The monoisotopic (exact) mass is 300 g/mol. The van der Waals surface area contributed by atoms with Crippen LogP contribution in [0.25, 0.3) is 0 Å². The lowest BCUT2D eigenvalue weighted by Crippen LogP contribution is -2.44. The van der Waals surface area contributed by atoms with E-state index >= 15 is 0 Å². The van der Waals surface area contributed by atoms with E-state index in [0.29, 0.717) is 10.9 Å². The third-order valence-corrected chi connectivity index (χ3v) is 3.64. The molecule has 0 unspecified atom stereocenters. The Morgan fingerprint density at radius 3 is 2.58 bits per heavy atom. The minimum absolute atomic E-state index is 0.0773. The lowest BCUT2D eigenvalue weighted by atomic mass is 10.2. The fraction of sp³-hybridized carbons (Fsp3) is 0.385. The van der Waals surface area contributed by atoms with Gasteiger partial charge in [-0.25, -0.2) is 4.79 Å². The van der Waals surface area contributed by atoms with Crippen molar-refractivity contribution in [2.24, 2.45) is 5.92 Å². The van der Waals surface area contributed by atoms with Gasteiger partial charge in [0.05, 0.1) is 10.6 Å². The number of urea groups is 1. The Hall–Kier alpha value is -1.26. The van der Waals surface area contributed by atoms with E-state index in [1.54, 1.807) is 6.07 Å². The molecule has 1 aromatic carbocycles. The summed E-state index contributed by atoms with van der Waals surface area (Å²) in [6, 6.07) is 4.07. The number of halogens is 2. The summed E-state index contributed by atoms with van der Waals surface area (Å²) in [6.45, 7) is 1.93. The summed E-state index contributed by atoms with van der Waals surface area (Å²) in [6.07, 6.45) is 2.25. The molecule has 19 heavy (non-hydrogen) atoms. The molecule has 1 fully saturated rings. The summed E-state index contributed by atoms with van der Waals surface area (Å²) in [5.74, 6) is -0.0119. The van der Waals surface area contributed by atoms with Crippen LogP contribution in [0.3, 0.4) is 0 Å². The molecule has 1 saturated carbocycles. The highest BCUT2D eigenvalue weighted by Crippen LogP contribution is 2.32. The minimum Gasteiger partial charge on any atom is -0.335 e. The molecule has 2 rings (SSSR count). The summed E-state index contributed by atoms with van der Waals surface area (Å²) < 4.78 is 0. The number of carbonyl (C=O) groups is 2. The number of nitrogens with one attached hydrogen (secondary N) is 2. The van der Waals surface area contributed by atoms with Crippen molar-refractivity contribution in [2.45, 2.75) is 25.8 Å². The number of hydrogen-bond acceptors (Lipinski definition) is 2. The molecule has 4 nitrogen and oxygen atoms in total. The Kier molecular flexibility index (Phi) is 4.32. The van der Waals surface area contributed by atoms with Crippen molar-refractivity contribution in [2.75, 3.05) is 0 Å². The summed E-state index contributed by atoms with van der Waals surface area (Å²) in [5.41, 5.74) is 0.222. The molecule has 0 radical (unpaired) electrons. The lowest BCUT2D eigenvalue weighted by molar-refractivity contribution is 0.0963. The Bertz CT molecular complexity index is 515. The molecule has 0 aliphatic heterocycles. The average molecular weight is 301 g/mol. The SMILES string of the molecule is C[C@H](NC(=O)NC(=O)c1ccc(Cl)cc1Cl)C1CC1. The second-order valence-electron chi connectivity index (χ2n) is 4.68. The molecular formula is C13H14Cl2N2O2. The molecule has 2 N–H and O–H groups in total. The summed E-state index contributed by atoms with van der Waals surface area (Å²) in [4.78, 5) is 23.5. The number of carbonyl (C=O) groups excluding carboxylic acids is 2. The fourth-order valence-corrected chi connectivity index (χ4v) is 2.30. The van der Waals surface area contributed by atoms with Gasteiger partial charge < -0.3 is 5.32 Å². The van der Waals surface area contributed by atoms with Crippen LogP contribution in [-0.2, 0) is 0 Å². The minimum atomic E-state index is -0.540.